The van der Waals surface area contributed by atoms with E-state index < -0.39 is 5.97 Å². The number of hydrogen-bond acceptors (Lipinski definition) is 4. The quantitative estimate of drug-likeness (QED) is 0.899. The lowest BCUT2D eigenvalue weighted by atomic mass is 10.1. The minimum Gasteiger partial charge on any atom is -0.477 e. The first-order valence-electron chi connectivity index (χ1n) is 6.06. The van der Waals surface area contributed by atoms with Crippen LogP contribution in [0.15, 0.2) is 24.3 Å². The summed E-state index contributed by atoms with van der Waals surface area (Å²) in [6.07, 6.45) is 0. The van der Waals surface area contributed by atoms with Crippen LogP contribution in [0.1, 0.15) is 40.7 Å². The molecule has 0 unspecified atom stereocenters. The van der Waals surface area contributed by atoms with Crippen LogP contribution in [0.3, 0.4) is 0 Å². The average molecular weight is 276 g/mol. The average Bonchev–Trinajstić information content (AvgIpc) is 2.84. The summed E-state index contributed by atoms with van der Waals surface area (Å²) in [6.45, 7) is 4.35. The molecule has 100 valence electrons. The molecule has 1 aromatic carbocycles. The van der Waals surface area contributed by atoms with Crippen LogP contribution in [-0.2, 0) is 6.54 Å². The molecule has 0 saturated carbocycles. The van der Waals surface area contributed by atoms with Gasteiger partial charge in [0.15, 0.2) is 0 Å². The molecule has 0 amide bonds. The van der Waals surface area contributed by atoms with E-state index in [-0.39, 0.29) is 5.92 Å². The van der Waals surface area contributed by atoms with E-state index in [1.807, 2.05) is 38.1 Å². The van der Waals surface area contributed by atoms with Crippen LogP contribution in [0.25, 0.3) is 10.6 Å². The molecular formula is C14H16N2O2S. The monoisotopic (exact) mass is 276 g/mol. The third-order valence-corrected chi connectivity index (χ3v) is 3.91. The second kappa shape index (κ2) is 5.50. The highest BCUT2D eigenvalue weighted by molar-refractivity contribution is 7.17. The summed E-state index contributed by atoms with van der Waals surface area (Å²) in [5.41, 5.74) is 8.19. The molecule has 0 bridgehead atoms. The van der Waals surface area contributed by atoms with Crippen molar-refractivity contribution < 1.29 is 9.90 Å². The molecule has 2 rings (SSSR count). The van der Waals surface area contributed by atoms with E-state index in [4.69, 9.17) is 5.73 Å². The fourth-order valence-electron chi connectivity index (χ4n) is 1.83. The molecule has 0 aliphatic heterocycles. The molecule has 19 heavy (non-hydrogen) atoms. The van der Waals surface area contributed by atoms with Crippen molar-refractivity contribution >= 4 is 17.3 Å². The predicted octanol–water partition coefficient (Wildman–Crippen LogP) is 3.09. The molecule has 0 radical (unpaired) electrons. The van der Waals surface area contributed by atoms with Gasteiger partial charge in [0.05, 0.1) is 5.69 Å². The highest BCUT2D eigenvalue weighted by Gasteiger charge is 2.20. The largest absolute Gasteiger partial charge is 0.477 e. The van der Waals surface area contributed by atoms with E-state index in [1.165, 1.54) is 11.3 Å². The molecule has 0 spiro atoms. The zero-order valence-electron chi connectivity index (χ0n) is 10.9. The normalized spacial score (nSPS) is 10.9. The third kappa shape index (κ3) is 2.83. The van der Waals surface area contributed by atoms with Crippen molar-refractivity contribution in [1.29, 1.82) is 0 Å². The Labute approximate surface area is 115 Å². The van der Waals surface area contributed by atoms with Crippen LogP contribution in [0.4, 0.5) is 0 Å². The van der Waals surface area contributed by atoms with Crippen LogP contribution in [0.5, 0.6) is 0 Å². The smallest absolute Gasteiger partial charge is 0.347 e. The number of carboxylic acid groups (broad SMARTS) is 1. The Hall–Kier alpha value is -1.72. The van der Waals surface area contributed by atoms with Gasteiger partial charge in [-0.2, -0.15) is 0 Å². The van der Waals surface area contributed by atoms with Gasteiger partial charge in [-0.25, -0.2) is 9.78 Å². The molecule has 1 heterocycles. The maximum atomic E-state index is 11.2. The van der Waals surface area contributed by atoms with Crippen molar-refractivity contribution in [3.63, 3.8) is 0 Å². The van der Waals surface area contributed by atoms with Crippen molar-refractivity contribution in [1.82, 2.24) is 4.98 Å². The van der Waals surface area contributed by atoms with Gasteiger partial charge in [0.2, 0.25) is 0 Å². The SMILES string of the molecule is CC(C)c1nc(-c2cccc(CN)c2)sc1C(=O)O. The number of hydrogen-bond donors (Lipinski definition) is 2. The molecule has 0 aliphatic carbocycles. The second-order valence-corrected chi connectivity index (χ2v) is 5.60. The van der Waals surface area contributed by atoms with Gasteiger partial charge in [0, 0.05) is 12.1 Å². The molecule has 5 heteroatoms. The zero-order valence-corrected chi connectivity index (χ0v) is 11.7. The first kappa shape index (κ1) is 13.7. The molecule has 0 saturated heterocycles. The maximum Gasteiger partial charge on any atom is 0.347 e. The van der Waals surface area contributed by atoms with Gasteiger partial charge in [0.25, 0.3) is 0 Å². The number of carboxylic acids is 1. The molecule has 0 atom stereocenters. The Morgan fingerprint density at radius 2 is 2.21 bits per heavy atom. The van der Waals surface area contributed by atoms with E-state index in [2.05, 4.69) is 4.98 Å². The van der Waals surface area contributed by atoms with Gasteiger partial charge in [-0.3, -0.25) is 0 Å². The lowest BCUT2D eigenvalue weighted by molar-refractivity contribution is 0.0700. The Morgan fingerprint density at radius 1 is 1.47 bits per heavy atom. The van der Waals surface area contributed by atoms with Gasteiger partial charge in [0.1, 0.15) is 9.88 Å². The van der Waals surface area contributed by atoms with Crippen LogP contribution in [0, 0.1) is 0 Å². The minimum atomic E-state index is -0.914. The van der Waals surface area contributed by atoms with E-state index in [1.54, 1.807) is 0 Å². The molecule has 3 N–H and O–H groups in total. The Kier molecular flexibility index (Phi) is 3.97. The van der Waals surface area contributed by atoms with Crippen LogP contribution < -0.4 is 5.73 Å². The van der Waals surface area contributed by atoms with Gasteiger partial charge < -0.3 is 10.8 Å². The first-order valence-corrected chi connectivity index (χ1v) is 6.88. The van der Waals surface area contributed by atoms with Crippen molar-refractivity contribution in [3.05, 3.63) is 40.4 Å². The summed E-state index contributed by atoms with van der Waals surface area (Å²) < 4.78 is 0. The molecule has 0 aliphatic rings. The number of carbonyl (C=O) groups is 1. The lowest BCUT2D eigenvalue weighted by Crippen LogP contribution is -2.00. The number of rotatable bonds is 4. The summed E-state index contributed by atoms with van der Waals surface area (Å²) in [6, 6.07) is 7.73. The lowest BCUT2D eigenvalue weighted by Gasteiger charge is -2.01. The number of thiazole rings is 1. The van der Waals surface area contributed by atoms with Crippen molar-refractivity contribution in [2.45, 2.75) is 26.3 Å². The Balaban J connectivity index is 2.50. The van der Waals surface area contributed by atoms with E-state index in [0.717, 1.165) is 16.1 Å². The van der Waals surface area contributed by atoms with Gasteiger partial charge in [-0.15, -0.1) is 11.3 Å². The van der Waals surface area contributed by atoms with Gasteiger partial charge >= 0.3 is 5.97 Å². The summed E-state index contributed by atoms with van der Waals surface area (Å²) in [5.74, 6) is -0.823. The highest BCUT2D eigenvalue weighted by atomic mass is 32.1. The molecule has 0 fully saturated rings. The predicted molar refractivity (Wildman–Crippen MR) is 76.5 cm³/mol. The van der Waals surface area contributed by atoms with Gasteiger partial charge in [-0.05, 0) is 17.5 Å². The highest BCUT2D eigenvalue weighted by Crippen LogP contribution is 2.32. The molecule has 2 aromatic rings. The van der Waals surface area contributed by atoms with Crippen molar-refractivity contribution in [3.8, 4) is 10.6 Å². The Morgan fingerprint density at radius 3 is 2.74 bits per heavy atom. The van der Waals surface area contributed by atoms with Crippen molar-refractivity contribution in [2.75, 3.05) is 0 Å². The summed E-state index contributed by atoms with van der Waals surface area (Å²) in [5, 5.41) is 9.96. The summed E-state index contributed by atoms with van der Waals surface area (Å²) in [4.78, 5) is 16.0. The number of nitrogens with zero attached hydrogens (tertiary/aromatic N) is 1. The molecule has 4 nitrogen and oxygen atoms in total. The van der Waals surface area contributed by atoms with E-state index in [9.17, 15) is 9.90 Å². The Bertz CT molecular complexity index is 605. The van der Waals surface area contributed by atoms with Crippen LogP contribution in [-0.4, -0.2) is 16.1 Å². The number of nitrogens with two attached hydrogens (primary N) is 1. The van der Waals surface area contributed by atoms with E-state index in [0.29, 0.717) is 17.1 Å². The molecule has 1 aromatic heterocycles. The number of benzene rings is 1. The van der Waals surface area contributed by atoms with Gasteiger partial charge in [-0.1, -0.05) is 32.0 Å². The fourth-order valence-corrected chi connectivity index (χ4v) is 2.89. The number of aromatic carboxylic acids is 1. The second-order valence-electron chi connectivity index (χ2n) is 4.60. The van der Waals surface area contributed by atoms with Crippen LogP contribution >= 0.6 is 11.3 Å². The minimum absolute atomic E-state index is 0.0915. The topological polar surface area (TPSA) is 76.2 Å². The van der Waals surface area contributed by atoms with E-state index >= 15 is 0 Å². The maximum absolute atomic E-state index is 11.2. The fraction of sp³-hybridized carbons (Fsp3) is 0.286. The first-order chi connectivity index (χ1) is 9.02. The van der Waals surface area contributed by atoms with Crippen molar-refractivity contribution in [2.24, 2.45) is 5.73 Å². The third-order valence-electron chi connectivity index (χ3n) is 2.80. The summed E-state index contributed by atoms with van der Waals surface area (Å²) in [7, 11) is 0. The molecular weight excluding hydrogens is 260 g/mol. The standard InChI is InChI=1S/C14H16N2O2S/c1-8(2)11-12(14(17)18)19-13(16-11)10-5-3-4-9(6-10)7-15/h3-6,8H,7,15H2,1-2H3,(H,17,18). The zero-order chi connectivity index (χ0) is 14.0. The van der Waals surface area contributed by atoms with Crippen LogP contribution in [0.2, 0.25) is 0 Å². The summed E-state index contributed by atoms with van der Waals surface area (Å²) >= 11 is 1.22. The number of aromatic nitrogens is 1.